The van der Waals surface area contributed by atoms with Gasteiger partial charge >= 0.3 is 0 Å². The van der Waals surface area contributed by atoms with Crippen LogP contribution in [0.3, 0.4) is 0 Å². The van der Waals surface area contributed by atoms with Gasteiger partial charge in [0.05, 0.1) is 0 Å². The van der Waals surface area contributed by atoms with E-state index in [1.54, 1.807) is 0 Å². The summed E-state index contributed by atoms with van der Waals surface area (Å²) in [5.41, 5.74) is 2.26. The molecule has 3 aromatic carbocycles. The van der Waals surface area contributed by atoms with Crippen LogP contribution in [0.5, 0.6) is 0 Å². The number of amides is 1. The van der Waals surface area contributed by atoms with Crippen LogP contribution in [0.25, 0.3) is 11.4 Å². The SMILES string of the molecule is O=C(Nc1ccc(F)cc1)C(Sc1n[nH]c(-c2ccccc2)n1)c1ccccc1. The van der Waals surface area contributed by atoms with Gasteiger partial charge in [-0.15, -0.1) is 5.10 Å². The second-order valence-corrected chi connectivity index (χ2v) is 7.31. The molecule has 144 valence electrons. The molecule has 1 atom stereocenters. The van der Waals surface area contributed by atoms with Gasteiger partial charge in [0.1, 0.15) is 11.1 Å². The first-order chi connectivity index (χ1) is 14.2. The molecule has 4 rings (SSSR count). The Morgan fingerprint density at radius 3 is 2.28 bits per heavy atom. The molecule has 1 heterocycles. The lowest BCUT2D eigenvalue weighted by Gasteiger charge is -2.15. The molecule has 0 aliphatic rings. The van der Waals surface area contributed by atoms with Gasteiger partial charge in [-0.3, -0.25) is 9.89 Å². The topological polar surface area (TPSA) is 70.7 Å². The highest BCUT2D eigenvalue weighted by molar-refractivity contribution is 8.00. The summed E-state index contributed by atoms with van der Waals surface area (Å²) in [6, 6.07) is 24.7. The molecule has 4 aromatic rings. The van der Waals surface area contributed by atoms with Crippen LogP contribution in [-0.2, 0) is 4.79 Å². The Hall–Kier alpha value is -3.45. The van der Waals surface area contributed by atoms with Gasteiger partial charge in [0.2, 0.25) is 11.1 Å². The van der Waals surface area contributed by atoms with E-state index in [1.807, 2.05) is 60.7 Å². The van der Waals surface area contributed by atoms with E-state index in [-0.39, 0.29) is 11.7 Å². The van der Waals surface area contributed by atoms with E-state index in [9.17, 15) is 9.18 Å². The number of anilines is 1. The van der Waals surface area contributed by atoms with Crippen molar-refractivity contribution in [1.29, 1.82) is 0 Å². The number of carbonyl (C=O) groups excluding carboxylic acids is 1. The van der Waals surface area contributed by atoms with Crippen LogP contribution in [0.2, 0.25) is 0 Å². The number of aromatic amines is 1. The highest BCUT2D eigenvalue weighted by Gasteiger charge is 2.24. The number of H-pyrrole nitrogens is 1. The molecule has 1 amide bonds. The number of hydrogen-bond donors (Lipinski definition) is 2. The van der Waals surface area contributed by atoms with Crippen molar-refractivity contribution in [2.45, 2.75) is 10.4 Å². The number of halogens is 1. The summed E-state index contributed by atoms with van der Waals surface area (Å²) in [6.45, 7) is 0. The fourth-order valence-corrected chi connectivity index (χ4v) is 3.68. The van der Waals surface area contributed by atoms with Gasteiger partial charge in [0.25, 0.3) is 0 Å². The van der Waals surface area contributed by atoms with Crippen molar-refractivity contribution in [2.75, 3.05) is 5.32 Å². The highest BCUT2D eigenvalue weighted by Crippen LogP contribution is 2.35. The van der Waals surface area contributed by atoms with E-state index >= 15 is 0 Å². The molecule has 0 aliphatic carbocycles. The van der Waals surface area contributed by atoms with E-state index in [0.29, 0.717) is 16.7 Å². The zero-order chi connectivity index (χ0) is 20.1. The van der Waals surface area contributed by atoms with E-state index in [4.69, 9.17) is 0 Å². The van der Waals surface area contributed by atoms with Crippen LogP contribution in [0.1, 0.15) is 10.8 Å². The lowest BCUT2D eigenvalue weighted by Crippen LogP contribution is -2.19. The number of hydrogen-bond acceptors (Lipinski definition) is 4. The molecule has 5 nitrogen and oxygen atoms in total. The van der Waals surface area contributed by atoms with Gasteiger partial charge in [-0.05, 0) is 29.8 Å². The zero-order valence-corrected chi connectivity index (χ0v) is 16.1. The molecule has 0 fully saturated rings. The van der Waals surface area contributed by atoms with Crippen molar-refractivity contribution in [1.82, 2.24) is 15.2 Å². The molecule has 0 saturated heterocycles. The van der Waals surface area contributed by atoms with Crippen molar-refractivity contribution < 1.29 is 9.18 Å². The van der Waals surface area contributed by atoms with Gasteiger partial charge in [-0.2, -0.15) is 0 Å². The number of nitrogens with zero attached hydrogens (tertiary/aromatic N) is 2. The Morgan fingerprint density at radius 2 is 1.59 bits per heavy atom. The van der Waals surface area contributed by atoms with Crippen molar-refractivity contribution >= 4 is 23.4 Å². The maximum absolute atomic E-state index is 13.1. The molecule has 1 unspecified atom stereocenters. The third kappa shape index (κ3) is 4.70. The molecule has 0 spiro atoms. The summed E-state index contributed by atoms with van der Waals surface area (Å²) < 4.78 is 13.1. The summed E-state index contributed by atoms with van der Waals surface area (Å²) >= 11 is 1.25. The van der Waals surface area contributed by atoms with Crippen LogP contribution in [0.4, 0.5) is 10.1 Å². The van der Waals surface area contributed by atoms with Crippen LogP contribution in [0, 0.1) is 5.82 Å². The zero-order valence-electron chi connectivity index (χ0n) is 15.2. The van der Waals surface area contributed by atoms with Gasteiger partial charge in [0.15, 0.2) is 5.82 Å². The summed E-state index contributed by atoms with van der Waals surface area (Å²) in [7, 11) is 0. The normalized spacial score (nSPS) is 11.8. The Bertz CT molecular complexity index is 1080. The first-order valence-corrected chi connectivity index (χ1v) is 9.83. The Balaban J connectivity index is 1.57. The van der Waals surface area contributed by atoms with Crippen LogP contribution < -0.4 is 5.32 Å². The summed E-state index contributed by atoms with van der Waals surface area (Å²) in [4.78, 5) is 17.5. The van der Waals surface area contributed by atoms with E-state index in [0.717, 1.165) is 11.1 Å². The van der Waals surface area contributed by atoms with Gasteiger partial charge in [0, 0.05) is 11.3 Å². The van der Waals surface area contributed by atoms with Crippen molar-refractivity contribution in [3.63, 3.8) is 0 Å². The van der Waals surface area contributed by atoms with E-state index in [1.165, 1.54) is 36.0 Å². The molecule has 0 bridgehead atoms. The van der Waals surface area contributed by atoms with Crippen LogP contribution in [0.15, 0.2) is 90.1 Å². The molecule has 0 radical (unpaired) electrons. The van der Waals surface area contributed by atoms with Gasteiger partial charge in [-0.1, -0.05) is 72.4 Å². The third-order valence-electron chi connectivity index (χ3n) is 4.19. The molecular weight excluding hydrogens is 387 g/mol. The van der Waals surface area contributed by atoms with E-state index in [2.05, 4.69) is 20.5 Å². The minimum atomic E-state index is -0.569. The van der Waals surface area contributed by atoms with Crippen LogP contribution in [-0.4, -0.2) is 21.1 Å². The average molecular weight is 404 g/mol. The Morgan fingerprint density at radius 1 is 0.931 bits per heavy atom. The largest absolute Gasteiger partial charge is 0.325 e. The molecule has 7 heteroatoms. The maximum atomic E-state index is 13.1. The lowest BCUT2D eigenvalue weighted by molar-refractivity contribution is -0.115. The number of nitrogens with one attached hydrogen (secondary N) is 2. The molecule has 2 N–H and O–H groups in total. The summed E-state index contributed by atoms with van der Waals surface area (Å²) in [5, 5.41) is 9.90. The maximum Gasteiger partial charge on any atom is 0.242 e. The van der Waals surface area contributed by atoms with Crippen molar-refractivity contribution in [2.24, 2.45) is 0 Å². The van der Waals surface area contributed by atoms with E-state index < -0.39 is 5.25 Å². The predicted octanol–water partition coefficient (Wildman–Crippen LogP) is 5.08. The first kappa shape index (κ1) is 18.9. The predicted molar refractivity (Wildman–Crippen MR) is 112 cm³/mol. The Kier molecular flexibility index (Phi) is 5.67. The number of carbonyl (C=O) groups is 1. The number of thioether (sulfide) groups is 1. The first-order valence-electron chi connectivity index (χ1n) is 8.95. The molecule has 1 aromatic heterocycles. The number of benzene rings is 3. The summed E-state index contributed by atoms with van der Waals surface area (Å²) in [6.07, 6.45) is 0. The highest BCUT2D eigenvalue weighted by atomic mass is 32.2. The minimum Gasteiger partial charge on any atom is -0.325 e. The van der Waals surface area contributed by atoms with Gasteiger partial charge in [-0.25, -0.2) is 9.37 Å². The minimum absolute atomic E-state index is 0.237. The molecule has 29 heavy (non-hydrogen) atoms. The molecule has 0 saturated carbocycles. The fourth-order valence-electron chi connectivity index (χ4n) is 2.77. The average Bonchev–Trinajstić information content (AvgIpc) is 3.24. The second kappa shape index (κ2) is 8.70. The van der Waals surface area contributed by atoms with Crippen molar-refractivity contribution in [3.05, 3.63) is 96.3 Å². The van der Waals surface area contributed by atoms with Crippen LogP contribution >= 0.6 is 11.8 Å². The second-order valence-electron chi connectivity index (χ2n) is 6.24. The smallest absolute Gasteiger partial charge is 0.242 e. The summed E-state index contributed by atoms with van der Waals surface area (Å²) in [5.74, 6) is 0.0453. The molecule has 0 aliphatic heterocycles. The lowest BCUT2D eigenvalue weighted by atomic mass is 10.1. The quantitative estimate of drug-likeness (QED) is 0.440. The fraction of sp³-hybridized carbons (Fsp3) is 0.0455. The number of rotatable bonds is 6. The Labute approximate surface area is 171 Å². The van der Waals surface area contributed by atoms with Gasteiger partial charge < -0.3 is 5.32 Å². The third-order valence-corrected chi connectivity index (χ3v) is 5.30. The standard InChI is InChI=1S/C22H17FN4OS/c23-17-11-13-18(14-12-17)24-21(28)19(15-7-3-1-4-8-15)29-22-25-20(26-27-22)16-9-5-2-6-10-16/h1-14,19H,(H,24,28)(H,25,26,27). The van der Waals surface area contributed by atoms with Crippen molar-refractivity contribution in [3.8, 4) is 11.4 Å². The monoisotopic (exact) mass is 404 g/mol. The number of aromatic nitrogens is 3. The molecular formula is C22H17FN4OS.